The van der Waals surface area contributed by atoms with Crippen LogP contribution < -0.4 is 9.64 Å². The molecule has 0 unspecified atom stereocenters. The largest absolute Gasteiger partial charge is 0.459 e. The van der Waals surface area contributed by atoms with E-state index in [0.29, 0.717) is 6.01 Å². The third-order valence-corrected chi connectivity index (χ3v) is 4.01. The normalized spacial score (nSPS) is 16.8. The summed E-state index contributed by atoms with van der Waals surface area (Å²) in [6.45, 7) is 11.2. The van der Waals surface area contributed by atoms with Crippen LogP contribution in [0, 0.1) is 0 Å². The zero-order valence-corrected chi connectivity index (χ0v) is 14.3. The second-order valence-electron chi connectivity index (χ2n) is 5.73. The van der Waals surface area contributed by atoms with E-state index in [1.807, 2.05) is 19.2 Å². The maximum absolute atomic E-state index is 6.08. The van der Waals surface area contributed by atoms with Crippen molar-refractivity contribution in [3.8, 4) is 6.01 Å². The molecule has 1 saturated heterocycles. The Hall–Kier alpha value is -1.66. The van der Waals surface area contributed by atoms with Crippen molar-refractivity contribution < 1.29 is 9.47 Å². The van der Waals surface area contributed by atoms with Gasteiger partial charge in [0.05, 0.1) is 13.2 Å². The standard InChI is InChI=1S/C17H28N4O2/c1-4-6-7-15(14-21-10-12-22-13-11-21)23-17-18-9-8-16(19-17)20(3)5-2/h4,8-9,15H,1,5-7,10-14H2,2-3H3/t15-/m0/s1. The number of nitrogens with zero attached hydrogens (tertiary/aromatic N) is 4. The molecule has 2 heterocycles. The molecule has 0 N–H and O–H groups in total. The Balaban J connectivity index is 1.99. The van der Waals surface area contributed by atoms with Crippen molar-refractivity contribution in [1.82, 2.24) is 14.9 Å². The molecule has 2 rings (SSSR count). The van der Waals surface area contributed by atoms with Gasteiger partial charge in [-0.15, -0.1) is 6.58 Å². The Kier molecular flexibility index (Phi) is 7.29. The molecule has 1 aliphatic rings. The minimum atomic E-state index is 0.0632. The molecular formula is C17H28N4O2. The lowest BCUT2D eigenvalue weighted by atomic mass is 10.2. The van der Waals surface area contributed by atoms with E-state index in [1.165, 1.54) is 0 Å². The molecule has 6 nitrogen and oxygen atoms in total. The predicted molar refractivity (Wildman–Crippen MR) is 92.1 cm³/mol. The van der Waals surface area contributed by atoms with Gasteiger partial charge >= 0.3 is 6.01 Å². The summed E-state index contributed by atoms with van der Waals surface area (Å²) in [5, 5.41) is 0. The quantitative estimate of drug-likeness (QED) is 0.649. The second-order valence-corrected chi connectivity index (χ2v) is 5.73. The fourth-order valence-corrected chi connectivity index (χ4v) is 2.48. The Morgan fingerprint density at radius 3 is 2.96 bits per heavy atom. The van der Waals surface area contributed by atoms with Gasteiger partial charge in [-0.25, -0.2) is 4.98 Å². The smallest absolute Gasteiger partial charge is 0.318 e. The monoisotopic (exact) mass is 320 g/mol. The summed E-state index contributed by atoms with van der Waals surface area (Å²) >= 11 is 0. The highest BCUT2D eigenvalue weighted by atomic mass is 16.5. The van der Waals surface area contributed by atoms with Crippen LogP contribution in [0.15, 0.2) is 24.9 Å². The Labute approximate surface area is 139 Å². The summed E-state index contributed by atoms with van der Waals surface area (Å²) in [6, 6.07) is 2.35. The molecule has 23 heavy (non-hydrogen) atoms. The SMILES string of the molecule is C=CCC[C@@H](CN1CCOCC1)Oc1nccc(N(C)CC)n1. The molecule has 128 valence electrons. The van der Waals surface area contributed by atoms with Gasteiger partial charge in [-0.2, -0.15) is 4.98 Å². The number of aromatic nitrogens is 2. The van der Waals surface area contributed by atoms with E-state index >= 15 is 0 Å². The van der Waals surface area contributed by atoms with Gasteiger partial charge in [-0.1, -0.05) is 6.08 Å². The molecule has 0 aromatic carbocycles. The van der Waals surface area contributed by atoms with Crippen molar-refractivity contribution in [2.75, 3.05) is 51.3 Å². The second kappa shape index (κ2) is 9.47. The van der Waals surface area contributed by atoms with Crippen LogP contribution in [0.5, 0.6) is 6.01 Å². The number of anilines is 1. The van der Waals surface area contributed by atoms with E-state index in [2.05, 4.69) is 33.3 Å². The van der Waals surface area contributed by atoms with Gasteiger partial charge in [-0.05, 0) is 25.8 Å². The molecule has 1 atom stereocenters. The molecule has 0 aliphatic carbocycles. The summed E-state index contributed by atoms with van der Waals surface area (Å²) in [5.74, 6) is 0.881. The Morgan fingerprint density at radius 2 is 2.26 bits per heavy atom. The molecule has 0 amide bonds. The third-order valence-electron chi connectivity index (χ3n) is 4.01. The first-order valence-electron chi connectivity index (χ1n) is 8.34. The highest BCUT2D eigenvalue weighted by Gasteiger charge is 2.19. The molecular weight excluding hydrogens is 292 g/mol. The van der Waals surface area contributed by atoms with E-state index in [0.717, 1.165) is 58.1 Å². The summed E-state index contributed by atoms with van der Waals surface area (Å²) in [6.07, 6.45) is 5.58. The third kappa shape index (κ3) is 5.80. The first kappa shape index (κ1) is 17.7. The van der Waals surface area contributed by atoms with E-state index in [4.69, 9.17) is 9.47 Å². The van der Waals surface area contributed by atoms with Crippen molar-refractivity contribution in [2.24, 2.45) is 0 Å². The van der Waals surface area contributed by atoms with Crippen molar-refractivity contribution in [1.29, 1.82) is 0 Å². The number of allylic oxidation sites excluding steroid dienone is 1. The molecule has 0 saturated carbocycles. The van der Waals surface area contributed by atoms with E-state index in [9.17, 15) is 0 Å². The van der Waals surface area contributed by atoms with Crippen LogP contribution in [0.2, 0.25) is 0 Å². The number of hydrogen-bond acceptors (Lipinski definition) is 6. The molecule has 1 aliphatic heterocycles. The lowest BCUT2D eigenvalue weighted by molar-refractivity contribution is 0.0166. The average molecular weight is 320 g/mol. The number of rotatable bonds is 9. The fraction of sp³-hybridized carbons (Fsp3) is 0.647. The van der Waals surface area contributed by atoms with Crippen LogP contribution in [0.25, 0.3) is 0 Å². The van der Waals surface area contributed by atoms with E-state index in [1.54, 1.807) is 6.20 Å². The topological polar surface area (TPSA) is 50.7 Å². The van der Waals surface area contributed by atoms with Crippen LogP contribution in [-0.2, 0) is 4.74 Å². The first-order valence-corrected chi connectivity index (χ1v) is 8.34. The van der Waals surface area contributed by atoms with Gasteiger partial charge in [0.15, 0.2) is 0 Å². The Morgan fingerprint density at radius 1 is 1.48 bits per heavy atom. The van der Waals surface area contributed by atoms with Gasteiger partial charge in [0.25, 0.3) is 0 Å². The van der Waals surface area contributed by atoms with Crippen molar-refractivity contribution in [3.63, 3.8) is 0 Å². The van der Waals surface area contributed by atoms with E-state index in [-0.39, 0.29) is 6.10 Å². The summed E-state index contributed by atoms with van der Waals surface area (Å²) in [4.78, 5) is 13.2. The van der Waals surface area contributed by atoms with Crippen LogP contribution in [0.4, 0.5) is 5.82 Å². The molecule has 0 spiro atoms. The van der Waals surface area contributed by atoms with Gasteiger partial charge in [-0.3, -0.25) is 4.90 Å². The maximum atomic E-state index is 6.08. The van der Waals surface area contributed by atoms with Crippen molar-refractivity contribution >= 4 is 5.82 Å². The van der Waals surface area contributed by atoms with E-state index < -0.39 is 0 Å². The number of hydrogen-bond donors (Lipinski definition) is 0. The highest BCUT2D eigenvalue weighted by Crippen LogP contribution is 2.15. The van der Waals surface area contributed by atoms with Crippen molar-refractivity contribution in [2.45, 2.75) is 25.9 Å². The van der Waals surface area contributed by atoms with Gasteiger partial charge in [0.1, 0.15) is 11.9 Å². The van der Waals surface area contributed by atoms with Crippen LogP contribution in [0.3, 0.4) is 0 Å². The van der Waals surface area contributed by atoms with Gasteiger partial charge < -0.3 is 14.4 Å². The summed E-state index contributed by atoms with van der Waals surface area (Å²) in [7, 11) is 2.01. The highest BCUT2D eigenvalue weighted by molar-refractivity contribution is 5.36. The lowest BCUT2D eigenvalue weighted by Gasteiger charge is -2.30. The first-order chi connectivity index (χ1) is 11.2. The molecule has 0 radical (unpaired) electrons. The minimum absolute atomic E-state index is 0.0632. The molecule has 6 heteroatoms. The van der Waals surface area contributed by atoms with Crippen LogP contribution in [-0.4, -0.2) is 67.4 Å². The van der Waals surface area contributed by atoms with Gasteiger partial charge in [0, 0.05) is 39.4 Å². The summed E-state index contributed by atoms with van der Waals surface area (Å²) < 4.78 is 11.5. The van der Waals surface area contributed by atoms with Crippen LogP contribution >= 0.6 is 0 Å². The zero-order chi connectivity index (χ0) is 16.5. The zero-order valence-electron chi connectivity index (χ0n) is 14.3. The predicted octanol–water partition coefficient (Wildman–Crippen LogP) is 1.98. The molecule has 1 fully saturated rings. The summed E-state index contributed by atoms with van der Waals surface area (Å²) in [5.41, 5.74) is 0. The lowest BCUT2D eigenvalue weighted by Crippen LogP contribution is -2.42. The number of ether oxygens (including phenoxy) is 2. The van der Waals surface area contributed by atoms with Crippen molar-refractivity contribution in [3.05, 3.63) is 24.9 Å². The maximum Gasteiger partial charge on any atom is 0.318 e. The number of morpholine rings is 1. The fourth-order valence-electron chi connectivity index (χ4n) is 2.48. The molecule has 1 aromatic heterocycles. The average Bonchev–Trinajstić information content (AvgIpc) is 2.60. The molecule has 1 aromatic rings. The molecule has 0 bridgehead atoms. The van der Waals surface area contributed by atoms with Crippen LogP contribution in [0.1, 0.15) is 19.8 Å². The Bertz CT molecular complexity index is 477. The van der Waals surface area contributed by atoms with Gasteiger partial charge in [0.2, 0.25) is 0 Å². The minimum Gasteiger partial charge on any atom is -0.459 e.